The molecule has 3 aromatic rings. The number of anilines is 2. The predicted octanol–water partition coefficient (Wildman–Crippen LogP) is 4.19. The number of carbonyl (C=O) groups excluding carboxylic acids is 2. The van der Waals surface area contributed by atoms with Crippen LogP contribution in [0.5, 0.6) is 0 Å². The Morgan fingerprint density at radius 3 is 2.62 bits per heavy atom. The van der Waals surface area contributed by atoms with Crippen LogP contribution in [0, 0.1) is 6.92 Å². The normalized spacial score (nSPS) is 10.6. The van der Waals surface area contributed by atoms with E-state index < -0.39 is 0 Å². The van der Waals surface area contributed by atoms with Gasteiger partial charge in [0.15, 0.2) is 0 Å². The highest BCUT2D eigenvalue weighted by Crippen LogP contribution is 2.27. The number of carbonyl (C=O) groups is 2. The molecule has 0 aliphatic rings. The van der Waals surface area contributed by atoms with Gasteiger partial charge in [0.1, 0.15) is 6.54 Å². The molecule has 0 saturated heterocycles. The van der Waals surface area contributed by atoms with E-state index in [9.17, 15) is 9.59 Å². The van der Waals surface area contributed by atoms with Crippen LogP contribution in [-0.2, 0) is 9.59 Å². The zero-order valence-corrected chi connectivity index (χ0v) is 15.2. The lowest BCUT2D eigenvalue weighted by Crippen LogP contribution is -2.37. The molecule has 0 unspecified atom stereocenters. The van der Waals surface area contributed by atoms with Crippen molar-refractivity contribution in [1.82, 2.24) is 4.98 Å². The van der Waals surface area contributed by atoms with Crippen LogP contribution in [0.25, 0.3) is 10.9 Å². The number of hydrogen-bond acceptors (Lipinski definition) is 3. The second-order valence-electron chi connectivity index (χ2n) is 5.92. The largest absolute Gasteiger partial charge is 0.323 e. The number of halogens is 1. The Labute approximate surface area is 156 Å². The fraction of sp³-hybridized carbons (Fsp3) is 0.150. The van der Waals surface area contributed by atoms with Crippen molar-refractivity contribution >= 4 is 45.7 Å². The second kappa shape index (κ2) is 7.54. The summed E-state index contributed by atoms with van der Waals surface area (Å²) in [4.78, 5) is 30.4. The highest BCUT2D eigenvalue weighted by Gasteiger charge is 2.19. The fourth-order valence-corrected chi connectivity index (χ4v) is 2.96. The number of amides is 2. The average molecular weight is 368 g/mol. The average Bonchev–Trinajstić information content (AvgIpc) is 2.62. The Hall–Kier alpha value is -2.92. The SMILES string of the molecule is CC(=O)N(CC(=O)Nc1cccc2cccnc12)c1cccc(Cl)c1C. The third kappa shape index (κ3) is 3.68. The van der Waals surface area contributed by atoms with Crippen molar-refractivity contribution < 1.29 is 9.59 Å². The maximum atomic E-state index is 12.6. The van der Waals surface area contributed by atoms with Gasteiger partial charge >= 0.3 is 0 Å². The lowest BCUT2D eigenvalue weighted by Gasteiger charge is -2.23. The molecule has 0 spiro atoms. The zero-order valence-electron chi connectivity index (χ0n) is 14.5. The molecule has 1 heterocycles. The Balaban J connectivity index is 1.85. The summed E-state index contributed by atoms with van der Waals surface area (Å²) < 4.78 is 0. The van der Waals surface area contributed by atoms with Gasteiger partial charge in [-0.15, -0.1) is 0 Å². The molecule has 0 fully saturated rings. The van der Waals surface area contributed by atoms with E-state index >= 15 is 0 Å². The molecule has 2 amide bonds. The summed E-state index contributed by atoms with van der Waals surface area (Å²) in [6.07, 6.45) is 1.68. The minimum Gasteiger partial charge on any atom is -0.323 e. The number of aromatic nitrogens is 1. The van der Waals surface area contributed by atoms with Crippen molar-refractivity contribution in [2.75, 3.05) is 16.8 Å². The Morgan fingerprint density at radius 2 is 1.85 bits per heavy atom. The molecule has 0 bridgehead atoms. The van der Waals surface area contributed by atoms with Crippen molar-refractivity contribution in [1.29, 1.82) is 0 Å². The summed E-state index contributed by atoms with van der Waals surface area (Å²) in [7, 11) is 0. The van der Waals surface area contributed by atoms with Crippen LogP contribution in [-0.4, -0.2) is 23.3 Å². The monoisotopic (exact) mass is 367 g/mol. The molecule has 0 aliphatic heterocycles. The third-order valence-electron chi connectivity index (χ3n) is 4.12. The van der Waals surface area contributed by atoms with E-state index in [2.05, 4.69) is 10.3 Å². The number of hydrogen-bond donors (Lipinski definition) is 1. The molecule has 1 N–H and O–H groups in total. The molecular weight excluding hydrogens is 350 g/mol. The van der Waals surface area contributed by atoms with E-state index in [1.54, 1.807) is 30.5 Å². The molecule has 5 nitrogen and oxygen atoms in total. The van der Waals surface area contributed by atoms with Gasteiger partial charge in [-0.25, -0.2) is 0 Å². The molecule has 0 radical (unpaired) electrons. The van der Waals surface area contributed by atoms with Crippen LogP contribution in [0.4, 0.5) is 11.4 Å². The van der Waals surface area contributed by atoms with Crippen LogP contribution in [0.15, 0.2) is 54.7 Å². The van der Waals surface area contributed by atoms with Gasteiger partial charge < -0.3 is 10.2 Å². The number of benzene rings is 2. The highest BCUT2D eigenvalue weighted by atomic mass is 35.5. The zero-order chi connectivity index (χ0) is 18.7. The van der Waals surface area contributed by atoms with Gasteiger partial charge in [-0.05, 0) is 36.8 Å². The van der Waals surface area contributed by atoms with Gasteiger partial charge in [-0.2, -0.15) is 0 Å². The first-order chi connectivity index (χ1) is 12.5. The second-order valence-corrected chi connectivity index (χ2v) is 6.33. The lowest BCUT2D eigenvalue weighted by molar-refractivity contribution is -0.120. The maximum absolute atomic E-state index is 12.6. The van der Waals surface area contributed by atoms with Crippen molar-refractivity contribution in [3.8, 4) is 0 Å². The van der Waals surface area contributed by atoms with Crippen LogP contribution < -0.4 is 10.2 Å². The molecule has 2 aromatic carbocycles. The van der Waals surface area contributed by atoms with Crippen molar-refractivity contribution in [3.63, 3.8) is 0 Å². The Bertz CT molecular complexity index is 982. The van der Waals surface area contributed by atoms with E-state index in [0.717, 1.165) is 10.9 Å². The number of para-hydroxylation sites is 1. The number of nitrogens with zero attached hydrogens (tertiary/aromatic N) is 2. The van der Waals surface area contributed by atoms with Crippen molar-refractivity contribution in [2.45, 2.75) is 13.8 Å². The van der Waals surface area contributed by atoms with Crippen molar-refractivity contribution in [2.24, 2.45) is 0 Å². The quantitative estimate of drug-likeness (QED) is 0.752. The molecule has 3 rings (SSSR count). The van der Waals surface area contributed by atoms with Gasteiger partial charge in [0.05, 0.1) is 11.2 Å². The van der Waals surface area contributed by atoms with Crippen LogP contribution in [0.1, 0.15) is 12.5 Å². The predicted molar refractivity (Wildman–Crippen MR) is 105 cm³/mol. The van der Waals surface area contributed by atoms with Gasteiger partial charge in [-0.1, -0.05) is 35.9 Å². The molecule has 0 atom stereocenters. The summed E-state index contributed by atoms with van der Waals surface area (Å²) in [5.74, 6) is -0.542. The molecule has 6 heteroatoms. The van der Waals surface area contributed by atoms with Crippen LogP contribution in [0.3, 0.4) is 0 Å². The van der Waals surface area contributed by atoms with E-state index in [0.29, 0.717) is 21.9 Å². The third-order valence-corrected chi connectivity index (χ3v) is 4.53. The van der Waals surface area contributed by atoms with Crippen LogP contribution >= 0.6 is 11.6 Å². The first-order valence-corrected chi connectivity index (χ1v) is 8.52. The lowest BCUT2D eigenvalue weighted by atomic mass is 10.1. The molecular formula is C20H18ClN3O2. The van der Waals surface area contributed by atoms with Crippen molar-refractivity contribution in [3.05, 3.63) is 65.3 Å². The van der Waals surface area contributed by atoms with Gasteiger partial charge in [-0.3, -0.25) is 14.6 Å². The van der Waals surface area contributed by atoms with E-state index in [-0.39, 0.29) is 18.4 Å². The van der Waals surface area contributed by atoms with Gasteiger partial charge in [0, 0.05) is 29.2 Å². The van der Waals surface area contributed by atoms with E-state index in [4.69, 9.17) is 11.6 Å². The van der Waals surface area contributed by atoms with Gasteiger partial charge in [0.25, 0.3) is 0 Å². The first kappa shape index (κ1) is 17.9. The topological polar surface area (TPSA) is 62.3 Å². The molecule has 0 aliphatic carbocycles. The summed E-state index contributed by atoms with van der Waals surface area (Å²) in [6, 6.07) is 14.6. The summed E-state index contributed by atoms with van der Waals surface area (Å²) >= 11 is 6.15. The molecule has 132 valence electrons. The summed E-state index contributed by atoms with van der Waals surface area (Å²) in [5, 5.41) is 4.32. The van der Waals surface area contributed by atoms with E-state index in [1.807, 2.05) is 31.2 Å². The molecule has 0 saturated carbocycles. The smallest absolute Gasteiger partial charge is 0.244 e. The molecule has 1 aromatic heterocycles. The number of pyridine rings is 1. The van der Waals surface area contributed by atoms with Crippen LogP contribution in [0.2, 0.25) is 5.02 Å². The fourth-order valence-electron chi connectivity index (χ4n) is 2.79. The standard InChI is InChI=1S/C20H18ClN3O2/c1-13-16(21)8-4-10-18(13)24(14(2)25)12-19(26)23-17-9-3-6-15-7-5-11-22-20(15)17/h3-11H,12H2,1-2H3,(H,23,26). The summed E-state index contributed by atoms with van der Waals surface area (Å²) in [6.45, 7) is 3.13. The summed E-state index contributed by atoms with van der Waals surface area (Å²) in [5.41, 5.74) is 2.69. The molecule has 26 heavy (non-hydrogen) atoms. The first-order valence-electron chi connectivity index (χ1n) is 8.14. The number of nitrogens with one attached hydrogen (secondary N) is 1. The van der Waals surface area contributed by atoms with E-state index in [1.165, 1.54) is 11.8 Å². The number of rotatable bonds is 4. The number of fused-ring (bicyclic) bond motifs is 1. The minimum absolute atomic E-state index is 0.111. The Kier molecular flexibility index (Phi) is 5.19. The maximum Gasteiger partial charge on any atom is 0.244 e. The highest BCUT2D eigenvalue weighted by molar-refractivity contribution is 6.31. The minimum atomic E-state index is -0.308. The van der Waals surface area contributed by atoms with Gasteiger partial charge in [0.2, 0.25) is 11.8 Å². The Morgan fingerprint density at radius 1 is 1.12 bits per heavy atom.